The Hall–Kier alpha value is -1.39. The van der Waals surface area contributed by atoms with Crippen molar-refractivity contribution in [2.45, 2.75) is 257 Å². The molecule has 0 aromatic heterocycles. The van der Waals surface area contributed by atoms with E-state index >= 15 is 0 Å². The molecule has 1 amide bonds. The van der Waals surface area contributed by atoms with Crippen LogP contribution in [0.3, 0.4) is 0 Å². The van der Waals surface area contributed by atoms with Crippen LogP contribution in [0.1, 0.15) is 245 Å². The Morgan fingerprint density at radius 1 is 0.462 bits per heavy atom. The lowest BCUT2D eigenvalue weighted by atomic mass is 10.0. The molecule has 0 fully saturated rings. The smallest absolute Gasteiger partial charge is 0.220 e. The van der Waals surface area contributed by atoms with Crippen LogP contribution in [0.15, 0.2) is 36.5 Å². The van der Waals surface area contributed by atoms with Crippen molar-refractivity contribution in [3.63, 3.8) is 0 Å². The first-order valence-electron chi connectivity index (χ1n) is 23.2. The molecule has 306 valence electrons. The largest absolute Gasteiger partial charge is 0.394 e. The quantitative estimate of drug-likeness (QED) is 0.0433. The van der Waals surface area contributed by atoms with E-state index in [0.29, 0.717) is 6.42 Å². The monoisotopic (exact) mass is 730 g/mol. The molecule has 2 atom stereocenters. The van der Waals surface area contributed by atoms with Crippen LogP contribution in [0.5, 0.6) is 0 Å². The Kier molecular flexibility index (Phi) is 42.8. The van der Waals surface area contributed by atoms with Crippen LogP contribution < -0.4 is 5.32 Å². The summed E-state index contributed by atoms with van der Waals surface area (Å²) in [5, 5.41) is 23.0. The van der Waals surface area contributed by atoms with Gasteiger partial charge in [-0.1, -0.05) is 224 Å². The molecule has 0 saturated heterocycles. The Morgan fingerprint density at radius 3 is 1.15 bits per heavy atom. The van der Waals surface area contributed by atoms with Crippen LogP contribution in [0, 0.1) is 0 Å². The lowest BCUT2D eigenvalue weighted by molar-refractivity contribution is -0.123. The molecule has 4 heteroatoms. The van der Waals surface area contributed by atoms with E-state index in [1.807, 2.05) is 6.08 Å². The van der Waals surface area contributed by atoms with Crippen LogP contribution in [0.25, 0.3) is 0 Å². The normalized spacial score (nSPS) is 13.2. The second kappa shape index (κ2) is 44.0. The highest BCUT2D eigenvalue weighted by Gasteiger charge is 2.17. The van der Waals surface area contributed by atoms with E-state index in [9.17, 15) is 15.0 Å². The van der Waals surface area contributed by atoms with Gasteiger partial charge in [-0.3, -0.25) is 4.79 Å². The summed E-state index contributed by atoms with van der Waals surface area (Å²) in [7, 11) is 0. The van der Waals surface area contributed by atoms with E-state index in [4.69, 9.17) is 0 Å². The fourth-order valence-corrected chi connectivity index (χ4v) is 7.03. The van der Waals surface area contributed by atoms with Gasteiger partial charge in [-0.25, -0.2) is 0 Å². The van der Waals surface area contributed by atoms with Gasteiger partial charge >= 0.3 is 0 Å². The second-order valence-electron chi connectivity index (χ2n) is 15.8. The number of hydrogen-bond acceptors (Lipinski definition) is 3. The number of allylic oxidation sites excluding steroid dienone is 5. The van der Waals surface area contributed by atoms with E-state index in [0.717, 1.165) is 32.1 Å². The number of carbonyl (C=O) groups is 1. The SMILES string of the molecule is CCCCCCC/C=C\C/C=C\CCCCCCCCCCCCCC(=O)NC(CO)C(O)/C=C/CCCCCCCCCCCCCCCCC. The number of unbranched alkanes of at least 4 members (excludes halogenated alkanes) is 31. The Bertz CT molecular complexity index is 790. The predicted octanol–water partition coefficient (Wildman–Crippen LogP) is 14.6. The predicted molar refractivity (Wildman–Crippen MR) is 230 cm³/mol. The first-order chi connectivity index (χ1) is 25.7. The summed E-state index contributed by atoms with van der Waals surface area (Å²) in [5.74, 6) is -0.0651. The lowest BCUT2D eigenvalue weighted by Gasteiger charge is -2.20. The zero-order valence-corrected chi connectivity index (χ0v) is 35.1. The van der Waals surface area contributed by atoms with Gasteiger partial charge in [0.05, 0.1) is 18.8 Å². The number of hydrogen-bond donors (Lipinski definition) is 3. The zero-order chi connectivity index (χ0) is 37.8. The van der Waals surface area contributed by atoms with Gasteiger partial charge in [0.2, 0.25) is 5.91 Å². The lowest BCUT2D eigenvalue weighted by Crippen LogP contribution is -2.45. The number of nitrogens with one attached hydrogen (secondary N) is 1. The highest BCUT2D eigenvalue weighted by Crippen LogP contribution is 2.15. The highest BCUT2D eigenvalue weighted by molar-refractivity contribution is 5.76. The number of aliphatic hydroxyl groups excluding tert-OH is 2. The van der Waals surface area contributed by atoms with Gasteiger partial charge in [0.1, 0.15) is 0 Å². The molecule has 0 aromatic rings. The summed E-state index contributed by atoms with van der Waals surface area (Å²) in [6, 6.07) is -0.622. The average Bonchev–Trinajstić information content (AvgIpc) is 3.15. The van der Waals surface area contributed by atoms with Crippen molar-refractivity contribution in [1.82, 2.24) is 5.32 Å². The molecule has 0 aliphatic carbocycles. The standard InChI is InChI=1S/C48H91NO3/c1-3-5-7-9-11-13-15-17-19-21-22-23-24-25-26-28-30-32-34-36-38-40-42-44-48(52)49-46(45-50)47(51)43-41-39-37-35-33-31-29-27-20-18-16-14-12-10-8-6-4-2/h15,17,21-22,41,43,46-47,50-51H,3-14,16,18-20,23-40,42,44-45H2,1-2H3,(H,49,52)/b17-15-,22-21-,43-41+. The first kappa shape index (κ1) is 50.6. The highest BCUT2D eigenvalue weighted by atomic mass is 16.3. The van der Waals surface area contributed by atoms with E-state index in [2.05, 4.69) is 43.5 Å². The zero-order valence-electron chi connectivity index (χ0n) is 35.1. The maximum absolute atomic E-state index is 12.4. The average molecular weight is 730 g/mol. The molecule has 0 heterocycles. The third-order valence-electron chi connectivity index (χ3n) is 10.6. The Balaban J connectivity index is 3.55. The molecule has 0 rings (SSSR count). The Morgan fingerprint density at radius 2 is 0.788 bits per heavy atom. The minimum Gasteiger partial charge on any atom is -0.394 e. The fraction of sp³-hybridized carbons (Fsp3) is 0.854. The summed E-state index contributed by atoms with van der Waals surface area (Å²) in [6.07, 6.45) is 58.3. The Labute approximate surface area is 325 Å². The van der Waals surface area contributed by atoms with E-state index in [1.165, 1.54) is 193 Å². The maximum atomic E-state index is 12.4. The summed E-state index contributed by atoms with van der Waals surface area (Å²) < 4.78 is 0. The molecule has 0 aliphatic rings. The van der Waals surface area contributed by atoms with Crippen molar-refractivity contribution >= 4 is 5.91 Å². The molecule has 2 unspecified atom stereocenters. The fourth-order valence-electron chi connectivity index (χ4n) is 7.03. The third kappa shape index (κ3) is 39.8. The molecule has 0 saturated carbocycles. The van der Waals surface area contributed by atoms with Gasteiger partial charge in [-0.05, 0) is 51.4 Å². The molecule has 0 bridgehead atoms. The molecule has 4 nitrogen and oxygen atoms in total. The topological polar surface area (TPSA) is 69.6 Å². The molecular weight excluding hydrogens is 639 g/mol. The van der Waals surface area contributed by atoms with Crippen LogP contribution >= 0.6 is 0 Å². The molecule has 0 radical (unpaired) electrons. The molecule has 3 N–H and O–H groups in total. The first-order valence-corrected chi connectivity index (χ1v) is 23.2. The maximum Gasteiger partial charge on any atom is 0.220 e. The van der Waals surface area contributed by atoms with Crippen molar-refractivity contribution in [3.05, 3.63) is 36.5 Å². The minimum absolute atomic E-state index is 0.0651. The van der Waals surface area contributed by atoms with Gasteiger partial charge in [0, 0.05) is 6.42 Å². The van der Waals surface area contributed by atoms with Crippen molar-refractivity contribution in [1.29, 1.82) is 0 Å². The molecule has 0 spiro atoms. The van der Waals surface area contributed by atoms with Crippen LogP contribution in [-0.4, -0.2) is 34.9 Å². The van der Waals surface area contributed by atoms with Crippen molar-refractivity contribution < 1.29 is 15.0 Å². The number of carbonyl (C=O) groups excluding carboxylic acids is 1. The van der Waals surface area contributed by atoms with Gasteiger partial charge in [-0.15, -0.1) is 0 Å². The van der Waals surface area contributed by atoms with Crippen molar-refractivity contribution in [2.24, 2.45) is 0 Å². The number of rotatable bonds is 42. The van der Waals surface area contributed by atoms with Crippen molar-refractivity contribution in [2.75, 3.05) is 6.61 Å². The van der Waals surface area contributed by atoms with E-state index in [-0.39, 0.29) is 12.5 Å². The summed E-state index contributed by atoms with van der Waals surface area (Å²) in [5.41, 5.74) is 0. The van der Waals surface area contributed by atoms with Crippen molar-refractivity contribution in [3.8, 4) is 0 Å². The minimum atomic E-state index is -0.839. The van der Waals surface area contributed by atoms with Crippen LogP contribution in [0.4, 0.5) is 0 Å². The van der Waals surface area contributed by atoms with Gasteiger partial charge in [0.25, 0.3) is 0 Å². The second-order valence-corrected chi connectivity index (χ2v) is 15.8. The summed E-state index contributed by atoms with van der Waals surface area (Å²) in [6.45, 7) is 4.31. The summed E-state index contributed by atoms with van der Waals surface area (Å²) >= 11 is 0. The van der Waals surface area contributed by atoms with E-state index < -0.39 is 12.1 Å². The molecular formula is C48H91NO3. The van der Waals surface area contributed by atoms with E-state index in [1.54, 1.807) is 6.08 Å². The van der Waals surface area contributed by atoms with Crippen LogP contribution in [-0.2, 0) is 4.79 Å². The molecule has 52 heavy (non-hydrogen) atoms. The van der Waals surface area contributed by atoms with Gasteiger partial charge in [-0.2, -0.15) is 0 Å². The molecule has 0 aliphatic heterocycles. The number of aliphatic hydroxyl groups is 2. The van der Waals surface area contributed by atoms with Gasteiger partial charge < -0.3 is 15.5 Å². The summed E-state index contributed by atoms with van der Waals surface area (Å²) in [4.78, 5) is 12.4. The van der Waals surface area contributed by atoms with Gasteiger partial charge in [0.15, 0.2) is 0 Å². The third-order valence-corrected chi connectivity index (χ3v) is 10.6. The van der Waals surface area contributed by atoms with Crippen LogP contribution in [0.2, 0.25) is 0 Å². The number of amides is 1. The molecule has 0 aromatic carbocycles.